The van der Waals surface area contributed by atoms with Crippen LogP contribution in [0.4, 0.5) is 16.2 Å². The fraction of sp³-hybridized carbons (Fsp3) is 0.188. The number of benzene rings is 2. The normalized spacial score (nSPS) is 11.4. The number of rotatable bonds is 6. The van der Waals surface area contributed by atoms with Gasteiger partial charge < -0.3 is 20.5 Å². The Morgan fingerprint density at radius 3 is 2.62 bits per heavy atom. The van der Waals surface area contributed by atoms with Crippen LogP contribution in [0.1, 0.15) is 11.7 Å². The number of aliphatic hydroxyl groups is 1. The fourth-order valence-electron chi connectivity index (χ4n) is 2.06. The molecule has 2 aromatic carbocycles. The maximum atomic E-state index is 11.9. The van der Waals surface area contributed by atoms with Crippen molar-refractivity contribution in [2.24, 2.45) is 0 Å². The lowest BCUT2D eigenvalue weighted by atomic mass is 10.1. The zero-order valence-corrected chi connectivity index (χ0v) is 12.9. The second-order valence-electron chi connectivity index (χ2n) is 4.90. The minimum absolute atomic E-state index is 0.00686. The molecule has 0 fully saturated rings. The molecule has 0 radical (unpaired) electrons. The summed E-state index contributed by atoms with van der Waals surface area (Å²) in [6, 6.07) is 12.1. The van der Waals surface area contributed by atoms with Gasteiger partial charge in [0.15, 0.2) is 0 Å². The average Bonchev–Trinajstić information content (AvgIpc) is 2.60. The topological polar surface area (TPSA) is 114 Å². The number of nitrogens with one attached hydrogen (secondary N) is 2. The van der Waals surface area contributed by atoms with Gasteiger partial charge in [0.2, 0.25) is 0 Å². The van der Waals surface area contributed by atoms with Gasteiger partial charge in [-0.05, 0) is 11.6 Å². The smallest absolute Gasteiger partial charge is 0.319 e. The number of non-ortho nitro benzene ring substituents is 1. The number of nitro benzene ring substituents is 1. The van der Waals surface area contributed by atoms with Crippen molar-refractivity contribution in [1.29, 1.82) is 0 Å². The van der Waals surface area contributed by atoms with Gasteiger partial charge in [-0.15, -0.1) is 0 Å². The third kappa shape index (κ3) is 4.43. The van der Waals surface area contributed by atoms with E-state index in [1.165, 1.54) is 25.3 Å². The zero-order chi connectivity index (χ0) is 17.5. The molecule has 0 saturated carbocycles. The van der Waals surface area contributed by atoms with Crippen LogP contribution in [-0.4, -0.2) is 29.7 Å². The van der Waals surface area contributed by atoms with E-state index in [0.717, 1.165) is 0 Å². The van der Waals surface area contributed by atoms with Crippen LogP contribution in [0.5, 0.6) is 5.75 Å². The largest absolute Gasteiger partial charge is 0.495 e. The summed E-state index contributed by atoms with van der Waals surface area (Å²) in [4.78, 5) is 22.2. The Kier molecular flexibility index (Phi) is 5.69. The SMILES string of the molecule is COc1ccc([N+](=O)[O-])cc1NC(=O)NC[C@H](O)c1ccccc1. The first kappa shape index (κ1) is 17.2. The summed E-state index contributed by atoms with van der Waals surface area (Å²) in [6.45, 7) is -0.00686. The monoisotopic (exact) mass is 331 g/mol. The van der Waals surface area contributed by atoms with Crippen molar-refractivity contribution in [1.82, 2.24) is 5.32 Å². The Hall–Kier alpha value is -3.13. The predicted molar refractivity (Wildman–Crippen MR) is 88.1 cm³/mol. The van der Waals surface area contributed by atoms with Crippen molar-refractivity contribution in [2.75, 3.05) is 19.0 Å². The molecule has 8 heteroatoms. The Balaban J connectivity index is 1.99. The van der Waals surface area contributed by atoms with Crippen LogP contribution in [-0.2, 0) is 0 Å². The third-order valence-corrected chi connectivity index (χ3v) is 3.28. The molecule has 24 heavy (non-hydrogen) atoms. The second-order valence-corrected chi connectivity index (χ2v) is 4.90. The molecule has 0 aromatic heterocycles. The van der Waals surface area contributed by atoms with Crippen molar-refractivity contribution in [3.63, 3.8) is 0 Å². The number of ether oxygens (including phenoxy) is 1. The number of nitrogens with zero attached hydrogens (tertiary/aromatic N) is 1. The van der Waals surface area contributed by atoms with Gasteiger partial charge in [0.1, 0.15) is 5.75 Å². The summed E-state index contributed by atoms with van der Waals surface area (Å²) in [5.41, 5.74) is 0.666. The van der Waals surface area contributed by atoms with Crippen molar-refractivity contribution < 1.29 is 19.6 Å². The van der Waals surface area contributed by atoms with E-state index in [9.17, 15) is 20.0 Å². The van der Waals surface area contributed by atoms with E-state index in [0.29, 0.717) is 11.3 Å². The number of methoxy groups -OCH3 is 1. The van der Waals surface area contributed by atoms with Gasteiger partial charge in [-0.3, -0.25) is 10.1 Å². The van der Waals surface area contributed by atoms with E-state index in [4.69, 9.17) is 4.74 Å². The lowest BCUT2D eigenvalue weighted by Gasteiger charge is -2.14. The maximum Gasteiger partial charge on any atom is 0.319 e. The highest BCUT2D eigenvalue weighted by Crippen LogP contribution is 2.28. The number of carbonyl (C=O) groups is 1. The molecule has 1 atom stereocenters. The molecule has 2 rings (SSSR count). The molecular weight excluding hydrogens is 314 g/mol. The standard InChI is InChI=1S/C16H17N3O5/c1-24-15-8-7-12(19(22)23)9-13(15)18-16(21)17-10-14(20)11-5-3-2-4-6-11/h2-9,14,20H,10H2,1H3,(H2,17,18,21)/t14-/m0/s1. The van der Waals surface area contributed by atoms with E-state index in [2.05, 4.69) is 10.6 Å². The van der Waals surface area contributed by atoms with E-state index >= 15 is 0 Å². The highest BCUT2D eigenvalue weighted by atomic mass is 16.6. The van der Waals surface area contributed by atoms with E-state index in [-0.39, 0.29) is 17.9 Å². The summed E-state index contributed by atoms with van der Waals surface area (Å²) < 4.78 is 5.06. The number of carbonyl (C=O) groups excluding carboxylic acids is 1. The Morgan fingerprint density at radius 2 is 2.00 bits per heavy atom. The van der Waals surface area contributed by atoms with E-state index in [1.807, 2.05) is 6.07 Å². The summed E-state index contributed by atoms with van der Waals surface area (Å²) in [5.74, 6) is 0.291. The number of urea groups is 1. The minimum Gasteiger partial charge on any atom is -0.495 e. The van der Waals surface area contributed by atoms with Crippen molar-refractivity contribution in [2.45, 2.75) is 6.10 Å². The molecule has 0 aliphatic rings. The maximum absolute atomic E-state index is 11.9. The summed E-state index contributed by atoms with van der Waals surface area (Å²) in [7, 11) is 1.39. The average molecular weight is 331 g/mol. The molecule has 0 heterocycles. The number of amides is 2. The van der Waals surface area contributed by atoms with Gasteiger partial charge in [-0.1, -0.05) is 30.3 Å². The van der Waals surface area contributed by atoms with Crippen molar-refractivity contribution in [3.8, 4) is 5.75 Å². The van der Waals surface area contributed by atoms with Crippen LogP contribution >= 0.6 is 0 Å². The summed E-state index contributed by atoms with van der Waals surface area (Å²) >= 11 is 0. The van der Waals surface area contributed by atoms with Gasteiger partial charge in [0, 0.05) is 18.7 Å². The molecule has 0 aliphatic carbocycles. The van der Waals surface area contributed by atoms with Gasteiger partial charge in [-0.2, -0.15) is 0 Å². The van der Waals surface area contributed by atoms with Crippen LogP contribution in [0.3, 0.4) is 0 Å². The highest BCUT2D eigenvalue weighted by molar-refractivity contribution is 5.91. The van der Waals surface area contributed by atoms with Crippen LogP contribution in [0.15, 0.2) is 48.5 Å². The number of aliphatic hydroxyl groups excluding tert-OH is 1. The Bertz CT molecular complexity index is 721. The van der Waals surface area contributed by atoms with Crippen LogP contribution in [0.2, 0.25) is 0 Å². The van der Waals surface area contributed by atoms with E-state index < -0.39 is 17.1 Å². The number of nitro groups is 1. The van der Waals surface area contributed by atoms with Crippen LogP contribution in [0.25, 0.3) is 0 Å². The molecular formula is C16H17N3O5. The van der Waals surface area contributed by atoms with Crippen LogP contribution < -0.4 is 15.4 Å². The Labute approximate surface area is 138 Å². The summed E-state index contributed by atoms with van der Waals surface area (Å²) in [5, 5.41) is 25.8. The minimum atomic E-state index is -0.857. The number of hydrogen-bond donors (Lipinski definition) is 3. The highest BCUT2D eigenvalue weighted by Gasteiger charge is 2.14. The molecule has 3 N–H and O–H groups in total. The van der Waals surface area contributed by atoms with E-state index in [1.54, 1.807) is 24.3 Å². The van der Waals surface area contributed by atoms with Gasteiger partial charge >= 0.3 is 6.03 Å². The third-order valence-electron chi connectivity index (χ3n) is 3.28. The van der Waals surface area contributed by atoms with Gasteiger partial charge in [-0.25, -0.2) is 4.79 Å². The van der Waals surface area contributed by atoms with Gasteiger partial charge in [0.25, 0.3) is 5.69 Å². The molecule has 0 aliphatic heterocycles. The quantitative estimate of drug-likeness (QED) is 0.556. The second kappa shape index (κ2) is 7.93. The number of anilines is 1. The molecule has 0 unspecified atom stereocenters. The lowest BCUT2D eigenvalue weighted by Crippen LogP contribution is -2.32. The first-order valence-electron chi connectivity index (χ1n) is 7.11. The Morgan fingerprint density at radius 1 is 1.29 bits per heavy atom. The van der Waals surface area contributed by atoms with Gasteiger partial charge in [0.05, 0.1) is 23.8 Å². The summed E-state index contributed by atoms with van der Waals surface area (Å²) in [6.07, 6.45) is -0.857. The lowest BCUT2D eigenvalue weighted by molar-refractivity contribution is -0.384. The molecule has 0 bridgehead atoms. The first-order valence-corrected chi connectivity index (χ1v) is 7.11. The zero-order valence-electron chi connectivity index (χ0n) is 12.9. The van der Waals surface area contributed by atoms with Crippen LogP contribution in [0, 0.1) is 10.1 Å². The molecule has 8 nitrogen and oxygen atoms in total. The first-order chi connectivity index (χ1) is 11.5. The van der Waals surface area contributed by atoms with Crippen molar-refractivity contribution >= 4 is 17.4 Å². The van der Waals surface area contributed by atoms with Crippen molar-refractivity contribution in [3.05, 3.63) is 64.2 Å². The fourth-order valence-corrected chi connectivity index (χ4v) is 2.06. The molecule has 2 amide bonds. The molecule has 2 aromatic rings. The predicted octanol–water partition coefficient (Wildman–Crippen LogP) is 2.46. The number of hydrogen-bond acceptors (Lipinski definition) is 5. The molecule has 0 saturated heterocycles. The molecule has 126 valence electrons. The molecule has 0 spiro atoms.